The van der Waals surface area contributed by atoms with Crippen LogP contribution in [-0.2, 0) is 4.74 Å². The lowest BCUT2D eigenvalue weighted by molar-refractivity contribution is 0.198. The van der Waals surface area contributed by atoms with Crippen LogP contribution in [0.1, 0.15) is 12.8 Å². The molecule has 1 aliphatic rings. The molecule has 5 heteroatoms. The maximum absolute atomic E-state index is 5.49. The molecule has 0 spiro atoms. The van der Waals surface area contributed by atoms with Gasteiger partial charge in [0, 0.05) is 13.2 Å². The Balaban J connectivity index is 0. The Bertz CT molecular complexity index is 106. The van der Waals surface area contributed by atoms with Crippen LogP contribution in [0.4, 0.5) is 0 Å². The van der Waals surface area contributed by atoms with Crippen molar-refractivity contribution in [1.82, 2.24) is 0 Å². The number of hydrogen-bond donors (Lipinski definition) is 2. The first-order valence-electron chi connectivity index (χ1n) is 5.65. The van der Waals surface area contributed by atoms with Crippen LogP contribution >= 0.6 is 0 Å². The molecule has 15 heavy (non-hydrogen) atoms. The predicted molar refractivity (Wildman–Crippen MR) is 75.1 cm³/mol. The van der Waals surface area contributed by atoms with Gasteiger partial charge in [-0.2, -0.15) is 0 Å². The molecular formula is C10H30N2OSi2. The van der Waals surface area contributed by atoms with Gasteiger partial charge in [0.1, 0.15) is 16.5 Å². The van der Waals surface area contributed by atoms with Gasteiger partial charge >= 0.3 is 0 Å². The van der Waals surface area contributed by atoms with Crippen LogP contribution in [0.2, 0.25) is 39.3 Å². The van der Waals surface area contributed by atoms with E-state index in [0.717, 1.165) is 13.2 Å². The summed E-state index contributed by atoms with van der Waals surface area (Å²) >= 11 is 0. The van der Waals surface area contributed by atoms with Gasteiger partial charge < -0.3 is 15.5 Å². The highest BCUT2D eigenvalue weighted by molar-refractivity contribution is 6.73. The summed E-state index contributed by atoms with van der Waals surface area (Å²) in [5.74, 6) is 0. The zero-order valence-corrected chi connectivity index (χ0v) is 13.4. The molecule has 3 nitrogen and oxygen atoms in total. The SMILES string of the molecule is C1CCOC1.C[Si](C)(C)N.C[Si](C)(C)N. The number of ether oxygens (including phenoxy) is 1. The van der Waals surface area contributed by atoms with Crippen LogP contribution < -0.4 is 10.8 Å². The van der Waals surface area contributed by atoms with E-state index in [4.69, 9.17) is 15.5 Å². The van der Waals surface area contributed by atoms with E-state index < -0.39 is 16.5 Å². The Labute approximate surface area is 97.7 Å². The third kappa shape index (κ3) is 76.9. The van der Waals surface area contributed by atoms with Gasteiger partial charge in [0.15, 0.2) is 0 Å². The second kappa shape index (κ2) is 8.46. The Morgan fingerprint density at radius 3 is 1.00 bits per heavy atom. The molecule has 0 aromatic carbocycles. The zero-order chi connectivity index (χ0) is 12.5. The molecule has 4 N–H and O–H groups in total. The van der Waals surface area contributed by atoms with Gasteiger partial charge in [-0.15, -0.1) is 0 Å². The fourth-order valence-electron chi connectivity index (χ4n) is 0.510. The predicted octanol–water partition coefficient (Wildman–Crippen LogP) is 2.36. The van der Waals surface area contributed by atoms with E-state index in [2.05, 4.69) is 39.3 Å². The first kappa shape index (κ1) is 17.7. The van der Waals surface area contributed by atoms with Gasteiger partial charge in [0.2, 0.25) is 0 Å². The summed E-state index contributed by atoms with van der Waals surface area (Å²) in [5.41, 5.74) is 0. The summed E-state index contributed by atoms with van der Waals surface area (Å²) in [7, 11) is -2.22. The third-order valence-corrected chi connectivity index (χ3v) is 0.827. The topological polar surface area (TPSA) is 61.3 Å². The van der Waals surface area contributed by atoms with E-state index >= 15 is 0 Å². The van der Waals surface area contributed by atoms with Gasteiger partial charge in [-0.1, -0.05) is 39.3 Å². The minimum atomic E-state index is -1.11. The van der Waals surface area contributed by atoms with Crippen molar-refractivity contribution in [2.24, 2.45) is 10.8 Å². The smallest absolute Gasteiger partial charge is 0.113 e. The second-order valence-corrected chi connectivity index (χ2v) is 15.5. The van der Waals surface area contributed by atoms with E-state index in [0.29, 0.717) is 0 Å². The highest BCUT2D eigenvalue weighted by Gasteiger charge is 2.00. The monoisotopic (exact) mass is 250 g/mol. The van der Waals surface area contributed by atoms with Crippen LogP contribution in [0.15, 0.2) is 0 Å². The average Bonchev–Trinajstić information content (AvgIpc) is 2.28. The van der Waals surface area contributed by atoms with E-state index in [-0.39, 0.29) is 0 Å². The molecule has 0 aromatic heterocycles. The molecule has 1 heterocycles. The third-order valence-electron chi connectivity index (χ3n) is 0.827. The highest BCUT2D eigenvalue weighted by Crippen LogP contribution is 1.98. The molecule has 0 atom stereocenters. The molecule has 94 valence electrons. The van der Waals surface area contributed by atoms with Crippen molar-refractivity contribution >= 4 is 16.5 Å². The van der Waals surface area contributed by atoms with Crippen LogP contribution in [0.5, 0.6) is 0 Å². The summed E-state index contributed by atoms with van der Waals surface area (Å²) in [4.78, 5) is 0. The Morgan fingerprint density at radius 2 is 0.933 bits per heavy atom. The minimum Gasteiger partial charge on any atom is -0.381 e. The van der Waals surface area contributed by atoms with E-state index in [9.17, 15) is 0 Å². The first-order valence-corrected chi connectivity index (χ1v) is 12.8. The number of rotatable bonds is 0. The summed E-state index contributed by atoms with van der Waals surface area (Å²) in [5, 5.41) is 11.0. The minimum absolute atomic E-state index is 1.00. The van der Waals surface area contributed by atoms with Crippen molar-refractivity contribution in [3.05, 3.63) is 0 Å². The van der Waals surface area contributed by atoms with Gasteiger partial charge in [0.05, 0.1) is 0 Å². The molecule has 1 rings (SSSR count). The average molecular weight is 251 g/mol. The Morgan fingerprint density at radius 1 is 0.733 bits per heavy atom. The van der Waals surface area contributed by atoms with E-state index in [1.165, 1.54) is 12.8 Å². The van der Waals surface area contributed by atoms with E-state index in [1.807, 2.05) is 0 Å². The van der Waals surface area contributed by atoms with Gasteiger partial charge in [-0.05, 0) is 12.8 Å². The van der Waals surface area contributed by atoms with Crippen molar-refractivity contribution < 1.29 is 4.74 Å². The van der Waals surface area contributed by atoms with Crippen molar-refractivity contribution in [2.75, 3.05) is 13.2 Å². The number of nitrogens with two attached hydrogens (primary N) is 2. The van der Waals surface area contributed by atoms with Crippen LogP contribution in [-0.4, -0.2) is 29.7 Å². The van der Waals surface area contributed by atoms with Crippen LogP contribution in [0, 0.1) is 0 Å². The molecule has 1 fully saturated rings. The lowest BCUT2D eigenvalue weighted by Gasteiger charge is -2.02. The summed E-state index contributed by atoms with van der Waals surface area (Å²) in [6.45, 7) is 14.6. The fraction of sp³-hybridized carbons (Fsp3) is 1.00. The standard InChI is InChI=1S/C4H8O.2C3H11NSi/c1-2-4-5-3-1;2*1-5(2,3)4/h1-4H2;2*4H2,1-3H3. The normalized spacial score (nSPS) is 16.0. The molecule has 0 saturated carbocycles. The number of hydrogen-bond acceptors (Lipinski definition) is 3. The lowest BCUT2D eigenvalue weighted by Crippen LogP contribution is -2.33. The van der Waals surface area contributed by atoms with Crippen LogP contribution in [0.25, 0.3) is 0 Å². The zero-order valence-electron chi connectivity index (χ0n) is 11.4. The highest BCUT2D eigenvalue weighted by atomic mass is 28.3. The van der Waals surface area contributed by atoms with Crippen LogP contribution in [0.3, 0.4) is 0 Å². The van der Waals surface area contributed by atoms with Gasteiger partial charge in [0.25, 0.3) is 0 Å². The molecule has 1 saturated heterocycles. The molecule has 0 aliphatic carbocycles. The molecule has 1 aliphatic heterocycles. The Kier molecular flexibility index (Phi) is 9.99. The molecule has 0 bridgehead atoms. The fourth-order valence-corrected chi connectivity index (χ4v) is 0.510. The molecule has 0 unspecified atom stereocenters. The van der Waals surface area contributed by atoms with Crippen molar-refractivity contribution in [1.29, 1.82) is 0 Å². The quantitative estimate of drug-likeness (QED) is 0.649. The summed E-state index contributed by atoms with van der Waals surface area (Å²) < 4.78 is 4.94. The second-order valence-electron chi connectivity index (χ2n) is 6.05. The molecule has 0 radical (unpaired) electrons. The molecule has 0 aromatic rings. The van der Waals surface area contributed by atoms with Gasteiger partial charge in [-0.3, -0.25) is 0 Å². The van der Waals surface area contributed by atoms with Crippen molar-refractivity contribution in [3.8, 4) is 0 Å². The maximum atomic E-state index is 5.49. The van der Waals surface area contributed by atoms with Gasteiger partial charge in [-0.25, -0.2) is 0 Å². The maximum Gasteiger partial charge on any atom is 0.113 e. The summed E-state index contributed by atoms with van der Waals surface area (Å²) in [6, 6.07) is 0. The molecular weight excluding hydrogens is 220 g/mol. The lowest BCUT2D eigenvalue weighted by atomic mass is 10.4. The summed E-state index contributed by atoms with van der Waals surface area (Å²) in [6.07, 6.45) is 2.56. The molecule has 0 amide bonds. The largest absolute Gasteiger partial charge is 0.381 e. The van der Waals surface area contributed by atoms with Crippen molar-refractivity contribution in [2.45, 2.75) is 52.1 Å². The Hall–Kier alpha value is 0.314. The van der Waals surface area contributed by atoms with E-state index in [1.54, 1.807) is 0 Å². The van der Waals surface area contributed by atoms with Crippen molar-refractivity contribution in [3.63, 3.8) is 0 Å². The first-order chi connectivity index (χ1) is 6.50.